The third kappa shape index (κ3) is 3.30. The molecule has 0 aliphatic carbocycles. The van der Waals surface area contributed by atoms with E-state index in [0.29, 0.717) is 5.69 Å². The van der Waals surface area contributed by atoms with Crippen molar-refractivity contribution in [3.63, 3.8) is 0 Å². The first-order chi connectivity index (χ1) is 9.99. The number of phenols is 2. The van der Waals surface area contributed by atoms with Gasteiger partial charge in [-0.15, -0.1) is 0 Å². The minimum Gasteiger partial charge on any atom is -0.507 e. The second kappa shape index (κ2) is 5.95. The molecule has 0 saturated carbocycles. The number of aromatic nitrogens is 2. The third-order valence-electron chi connectivity index (χ3n) is 2.83. The number of phenolic OH excluding ortho intramolecular Hbond substituents is 2. The molecule has 1 aromatic heterocycles. The number of carbonyl (C=O) groups excluding carboxylic acids is 1. The molecule has 21 heavy (non-hydrogen) atoms. The SMILES string of the molecule is O=C(N[C@@H](Cc1cnc[nH]1)C(=O)O)c1c(O)cccc1O. The van der Waals surface area contributed by atoms with Crippen molar-refractivity contribution in [1.29, 1.82) is 0 Å². The molecule has 1 aromatic carbocycles. The van der Waals surface area contributed by atoms with Crippen LogP contribution >= 0.6 is 0 Å². The van der Waals surface area contributed by atoms with E-state index in [0.717, 1.165) is 0 Å². The number of rotatable bonds is 5. The lowest BCUT2D eigenvalue weighted by atomic mass is 10.1. The van der Waals surface area contributed by atoms with Crippen molar-refractivity contribution in [1.82, 2.24) is 15.3 Å². The molecule has 2 aromatic rings. The summed E-state index contributed by atoms with van der Waals surface area (Å²) in [6.07, 6.45) is 2.83. The normalized spacial score (nSPS) is 11.8. The number of H-pyrrole nitrogens is 1. The van der Waals surface area contributed by atoms with Gasteiger partial charge in [-0.05, 0) is 12.1 Å². The minimum atomic E-state index is -1.24. The highest BCUT2D eigenvalue weighted by molar-refractivity contribution is 6.01. The van der Waals surface area contributed by atoms with E-state index in [4.69, 9.17) is 5.11 Å². The minimum absolute atomic E-state index is 0.00453. The number of hydrogen-bond acceptors (Lipinski definition) is 5. The molecule has 0 spiro atoms. The summed E-state index contributed by atoms with van der Waals surface area (Å²) in [7, 11) is 0. The van der Waals surface area contributed by atoms with Gasteiger partial charge in [0.15, 0.2) is 0 Å². The predicted molar refractivity (Wildman–Crippen MR) is 71.0 cm³/mol. The number of nitrogens with zero attached hydrogens (tertiary/aromatic N) is 1. The average Bonchev–Trinajstić information content (AvgIpc) is 2.90. The fourth-order valence-corrected chi connectivity index (χ4v) is 1.81. The van der Waals surface area contributed by atoms with E-state index in [-0.39, 0.29) is 12.0 Å². The molecular formula is C13H13N3O5. The van der Waals surface area contributed by atoms with Crippen molar-refractivity contribution in [3.05, 3.63) is 42.0 Å². The van der Waals surface area contributed by atoms with Crippen LogP contribution in [0.4, 0.5) is 0 Å². The van der Waals surface area contributed by atoms with Gasteiger partial charge in [0, 0.05) is 18.3 Å². The number of aromatic amines is 1. The highest BCUT2D eigenvalue weighted by Crippen LogP contribution is 2.26. The molecule has 8 nitrogen and oxygen atoms in total. The Morgan fingerprint density at radius 2 is 1.95 bits per heavy atom. The summed E-state index contributed by atoms with van der Waals surface area (Å²) >= 11 is 0. The average molecular weight is 291 g/mol. The van der Waals surface area contributed by atoms with E-state index < -0.39 is 29.4 Å². The van der Waals surface area contributed by atoms with E-state index in [9.17, 15) is 19.8 Å². The smallest absolute Gasteiger partial charge is 0.326 e. The molecule has 8 heteroatoms. The van der Waals surface area contributed by atoms with Crippen LogP contribution in [0.3, 0.4) is 0 Å². The molecule has 0 unspecified atom stereocenters. The maximum Gasteiger partial charge on any atom is 0.326 e. The summed E-state index contributed by atoms with van der Waals surface area (Å²) in [5.41, 5.74) is 0.164. The standard InChI is InChI=1S/C13H13N3O5/c17-9-2-1-3-10(18)11(9)12(19)16-8(13(20)21)4-7-5-14-6-15-7/h1-3,5-6,8,17-18H,4H2,(H,14,15)(H,16,19)(H,20,21)/t8-/m0/s1. The molecule has 0 radical (unpaired) electrons. The second-order valence-electron chi connectivity index (χ2n) is 4.32. The van der Waals surface area contributed by atoms with Crippen LogP contribution in [-0.2, 0) is 11.2 Å². The zero-order valence-corrected chi connectivity index (χ0v) is 10.8. The van der Waals surface area contributed by atoms with Crippen LogP contribution in [0.25, 0.3) is 0 Å². The second-order valence-corrected chi connectivity index (χ2v) is 4.32. The molecule has 1 atom stereocenters. The summed E-state index contributed by atoms with van der Waals surface area (Å²) in [6, 6.07) is 2.58. The van der Waals surface area contributed by atoms with Crippen LogP contribution in [0.1, 0.15) is 16.1 Å². The Labute approximate surface area is 119 Å². The Bertz CT molecular complexity index is 634. The van der Waals surface area contributed by atoms with Crippen LogP contribution in [0.15, 0.2) is 30.7 Å². The Kier molecular flexibility index (Phi) is 4.07. The maximum absolute atomic E-state index is 12.0. The Hall–Kier alpha value is -3.03. The third-order valence-corrected chi connectivity index (χ3v) is 2.83. The number of carboxylic acid groups (broad SMARTS) is 1. The van der Waals surface area contributed by atoms with Gasteiger partial charge in [0.1, 0.15) is 23.1 Å². The van der Waals surface area contributed by atoms with Gasteiger partial charge in [0.2, 0.25) is 0 Å². The first-order valence-electron chi connectivity index (χ1n) is 6.01. The van der Waals surface area contributed by atoms with E-state index >= 15 is 0 Å². The number of carbonyl (C=O) groups is 2. The Morgan fingerprint density at radius 3 is 2.48 bits per heavy atom. The first-order valence-corrected chi connectivity index (χ1v) is 6.01. The van der Waals surface area contributed by atoms with Gasteiger partial charge in [-0.1, -0.05) is 6.07 Å². The van der Waals surface area contributed by atoms with Crippen molar-refractivity contribution in [2.45, 2.75) is 12.5 Å². The number of nitrogens with one attached hydrogen (secondary N) is 2. The zero-order valence-electron chi connectivity index (χ0n) is 10.8. The Balaban J connectivity index is 2.17. The molecule has 0 aliphatic rings. The molecule has 0 fully saturated rings. The van der Waals surface area contributed by atoms with Crippen molar-refractivity contribution < 1.29 is 24.9 Å². The lowest BCUT2D eigenvalue weighted by Gasteiger charge is -2.14. The van der Waals surface area contributed by atoms with Crippen LogP contribution in [0.2, 0.25) is 0 Å². The molecular weight excluding hydrogens is 278 g/mol. The molecule has 0 aliphatic heterocycles. The largest absolute Gasteiger partial charge is 0.507 e. The number of benzene rings is 1. The summed E-state index contributed by atoms with van der Waals surface area (Å²) < 4.78 is 0. The molecule has 1 heterocycles. The lowest BCUT2D eigenvalue weighted by Crippen LogP contribution is -2.42. The highest BCUT2D eigenvalue weighted by atomic mass is 16.4. The summed E-state index contributed by atoms with van der Waals surface area (Å²) in [5, 5.41) is 30.5. The quantitative estimate of drug-likeness (QED) is 0.535. The summed E-state index contributed by atoms with van der Waals surface area (Å²) in [6.45, 7) is 0. The fourth-order valence-electron chi connectivity index (χ4n) is 1.81. The van der Waals surface area contributed by atoms with Crippen LogP contribution in [-0.4, -0.2) is 43.2 Å². The highest BCUT2D eigenvalue weighted by Gasteiger charge is 2.24. The van der Waals surface area contributed by atoms with Gasteiger partial charge >= 0.3 is 5.97 Å². The number of carboxylic acids is 1. The van der Waals surface area contributed by atoms with Crippen LogP contribution in [0.5, 0.6) is 11.5 Å². The van der Waals surface area contributed by atoms with Crippen LogP contribution < -0.4 is 5.32 Å². The van der Waals surface area contributed by atoms with Crippen molar-refractivity contribution in [2.24, 2.45) is 0 Å². The fraction of sp³-hybridized carbons (Fsp3) is 0.154. The zero-order chi connectivity index (χ0) is 15.4. The van der Waals surface area contributed by atoms with Gasteiger partial charge < -0.3 is 25.6 Å². The number of amides is 1. The molecule has 0 saturated heterocycles. The summed E-state index contributed by atoms with van der Waals surface area (Å²) in [4.78, 5) is 29.7. The van der Waals surface area contributed by atoms with Gasteiger partial charge in [0.05, 0.1) is 6.33 Å². The van der Waals surface area contributed by atoms with E-state index in [2.05, 4.69) is 15.3 Å². The van der Waals surface area contributed by atoms with Crippen molar-refractivity contribution in [2.75, 3.05) is 0 Å². The topological polar surface area (TPSA) is 136 Å². The molecule has 1 amide bonds. The maximum atomic E-state index is 12.0. The summed E-state index contributed by atoms with van der Waals surface area (Å²) in [5.74, 6) is -2.98. The number of aliphatic carboxylic acids is 1. The monoisotopic (exact) mass is 291 g/mol. The molecule has 110 valence electrons. The molecule has 5 N–H and O–H groups in total. The number of imidazole rings is 1. The Morgan fingerprint density at radius 1 is 1.29 bits per heavy atom. The van der Waals surface area contributed by atoms with Gasteiger partial charge in [-0.3, -0.25) is 4.79 Å². The predicted octanol–water partition coefficient (Wildman–Crippen LogP) is 0.247. The number of aromatic hydroxyl groups is 2. The van der Waals surface area contributed by atoms with E-state index in [1.807, 2.05) is 0 Å². The molecule has 0 bridgehead atoms. The van der Waals surface area contributed by atoms with Gasteiger partial charge in [0.25, 0.3) is 5.91 Å². The van der Waals surface area contributed by atoms with Crippen molar-refractivity contribution >= 4 is 11.9 Å². The first kappa shape index (κ1) is 14.4. The lowest BCUT2D eigenvalue weighted by molar-refractivity contribution is -0.139. The van der Waals surface area contributed by atoms with Gasteiger partial charge in [-0.25, -0.2) is 9.78 Å². The van der Waals surface area contributed by atoms with E-state index in [1.54, 1.807) is 0 Å². The van der Waals surface area contributed by atoms with Gasteiger partial charge in [-0.2, -0.15) is 0 Å². The molecule has 2 rings (SSSR count). The van der Waals surface area contributed by atoms with Crippen LogP contribution in [0, 0.1) is 0 Å². The van der Waals surface area contributed by atoms with E-state index in [1.165, 1.54) is 30.7 Å². The van der Waals surface area contributed by atoms with Crippen molar-refractivity contribution in [3.8, 4) is 11.5 Å². The number of hydrogen-bond donors (Lipinski definition) is 5.